The van der Waals surface area contributed by atoms with Crippen molar-refractivity contribution in [2.75, 3.05) is 29.9 Å². The van der Waals surface area contributed by atoms with Crippen LogP contribution < -0.4 is 15.0 Å². The van der Waals surface area contributed by atoms with E-state index in [0.717, 1.165) is 12.1 Å². The Morgan fingerprint density at radius 1 is 1.15 bits per heavy atom. The van der Waals surface area contributed by atoms with Crippen molar-refractivity contribution in [3.8, 4) is 11.8 Å². The van der Waals surface area contributed by atoms with Gasteiger partial charge in [0.15, 0.2) is 0 Å². The quantitative estimate of drug-likeness (QED) is 0.483. The van der Waals surface area contributed by atoms with Crippen LogP contribution in [0, 0.1) is 11.3 Å². The molecule has 0 unspecified atom stereocenters. The number of nitrogens with one attached hydrogen (secondary N) is 1. The highest BCUT2D eigenvalue weighted by molar-refractivity contribution is 5.96. The number of anilines is 2. The van der Waals surface area contributed by atoms with Gasteiger partial charge in [-0.25, -0.2) is 4.79 Å². The minimum atomic E-state index is -4.65. The molecule has 0 aromatic heterocycles. The van der Waals surface area contributed by atoms with E-state index in [4.69, 9.17) is 19.5 Å². The average Bonchev–Trinajstić information content (AvgIpc) is 3.53. The minimum absolute atomic E-state index is 0.155. The van der Waals surface area contributed by atoms with Crippen molar-refractivity contribution in [3.63, 3.8) is 0 Å². The maximum atomic E-state index is 13.4. The van der Waals surface area contributed by atoms with E-state index in [1.165, 1.54) is 11.0 Å². The number of rotatable bonds is 6. The Bertz CT molecular complexity index is 1300. The van der Waals surface area contributed by atoms with E-state index in [1.807, 2.05) is 0 Å². The number of ether oxygens (including phenoxy) is 3. The molecule has 2 amide bonds. The third kappa shape index (κ3) is 7.41. The van der Waals surface area contributed by atoms with Crippen molar-refractivity contribution >= 4 is 23.4 Å². The second kappa shape index (κ2) is 11.9. The molecule has 2 aromatic carbocycles. The Balaban J connectivity index is 1.31. The molecule has 0 bridgehead atoms. The average molecular weight is 575 g/mol. The molecule has 2 heterocycles. The lowest BCUT2D eigenvalue weighted by atomic mass is 10.1. The highest BCUT2D eigenvalue weighted by Gasteiger charge is 2.38. The van der Waals surface area contributed by atoms with Crippen LogP contribution in [-0.4, -0.2) is 60.6 Å². The van der Waals surface area contributed by atoms with Gasteiger partial charge in [-0.2, -0.15) is 18.4 Å². The van der Waals surface area contributed by atoms with Crippen molar-refractivity contribution in [3.05, 3.63) is 53.6 Å². The SMILES string of the molecule is C[C@H]1O[C@H](COc2ccc(NC(=O)[C@@H]3CCCN3C(=O)OC(C)(C)C)cc2)CN1c1ccc(C#N)c(C(F)(F)F)c1. The Hall–Kier alpha value is -3.98. The molecule has 2 aliphatic heterocycles. The second-order valence-electron chi connectivity index (χ2n) is 11.0. The van der Waals surface area contributed by atoms with Crippen molar-refractivity contribution < 1.29 is 37.0 Å². The van der Waals surface area contributed by atoms with Crippen LogP contribution >= 0.6 is 0 Å². The molecule has 9 nitrogen and oxygen atoms in total. The van der Waals surface area contributed by atoms with E-state index in [0.29, 0.717) is 43.1 Å². The van der Waals surface area contributed by atoms with Crippen LogP contribution in [-0.2, 0) is 20.4 Å². The van der Waals surface area contributed by atoms with Crippen LogP contribution in [0.3, 0.4) is 0 Å². The summed E-state index contributed by atoms with van der Waals surface area (Å²) in [6.45, 7) is 7.97. The molecule has 2 aromatic rings. The van der Waals surface area contributed by atoms with Gasteiger partial charge in [-0.05, 0) is 83.0 Å². The molecular formula is C29H33F3N4O5. The topological polar surface area (TPSA) is 104 Å². The number of hydrogen-bond donors (Lipinski definition) is 1. The van der Waals surface area contributed by atoms with Gasteiger partial charge in [-0.3, -0.25) is 9.69 Å². The number of amides is 2. The van der Waals surface area contributed by atoms with Crippen LogP contribution in [0.1, 0.15) is 51.7 Å². The summed E-state index contributed by atoms with van der Waals surface area (Å²) in [5.41, 5.74) is -1.23. The van der Waals surface area contributed by atoms with Crippen LogP contribution in [0.15, 0.2) is 42.5 Å². The second-order valence-corrected chi connectivity index (χ2v) is 11.0. The van der Waals surface area contributed by atoms with Crippen molar-refractivity contribution in [1.29, 1.82) is 5.26 Å². The zero-order valence-corrected chi connectivity index (χ0v) is 23.3. The Labute approximate surface area is 236 Å². The zero-order chi connectivity index (χ0) is 29.9. The van der Waals surface area contributed by atoms with Crippen molar-refractivity contribution in [2.45, 2.75) is 70.7 Å². The number of likely N-dealkylation sites (tertiary alicyclic amines) is 1. The molecule has 2 saturated heterocycles. The van der Waals surface area contributed by atoms with Crippen LogP contribution in [0.4, 0.5) is 29.3 Å². The summed E-state index contributed by atoms with van der Waals surface area (Å²) in [5.74, 6) is 0.221. The molecule has 1 N–H and O–H groups in total. The summed E-state index contributed by atoms with van der Waals surface area (Å²) in [5, 5.41) is 11.9. The number of hydrogen-bond acceptors (Lipinski definition) is 7. The van der Waals surface area contributed by atoms with E-state index < -0.39 is 47.4 Å². The molecule has 2 aliphatic rings. The Kier molecular flexibility index (Phi) is 8.68. The molecule has 41 heavy (non-hydrogen) atoms. The Morgan fingerprint density at radius 2 is 1.85 bits per heavy atom. The van der Waals surface area contributed by atoms with E-state index in [9.17, 15) is 22.8 Å². The lowest BCUT2D eigenvalue weighted by Crippen LogP contribution is -2.45. The fourth-order valence-electron chi connectivity index (χ4n) is 4.84. The normalized spacial score (nSPS) is 21.0. The lowest BCUT2D eigenvalue weighted by molar-refractivity contribution is -0.137. The number of carbonyl (C=O) groups is 2. The maximum Gasteiger partial charge on any atom is 0.417 e. The molecule has 12 heteroatoms. The first-order valence-corrected chi connectivity index (χ1v) is 13.3. The van der Waals surface area contributed by atoms with E-state index in [2.05, 4.69) is 5.32 Å². The third-order valence-electron chi connectivity index (χ3n) is 6.73. The molecule has 220 valence electrons. The van der Waals surface area contributed by atoms with Crippen molar-refractivity contribution in [1.82, 2.24) is 4.90 Å². The first-order valence-electron chi connectivity index (χ1n) is 13.3. The summed E-state index contributed by atoms with van der Waals surface area (Å²) >= 11 is 0. The number of nitrogens with zero attached hydrogens (tertiary/aromatic N) is 3. The summed E-state index contributed by atoms with van der Waals surface area (Å²) < 4.78 is 57.3. The van der Waals surface area contributed by atoms with Gasteiger partial charge in [0.1, 0.15) is 36.3 Å². The Morgan fingerprint density at radius 3 is 2.49 bits per heavy atom. The molecule has 4 rings (SSSR count). The number of benzene rings is 2. The minimum Gasteiger partial charge on any atom is -0.491 e. The first kappa shape index (κ1) is 30.0. The smallest absolute Gasteiger partial charge is 0.417 e. The van der Waals surface area contributed by atoms with Gasteiger partial charge in [0.25, 0.3) is 0 Å². The number of nitriles is 1. The molecule has 0 radical (unpaired) electrons. The van der Waals surface area contributed by atoms with Crippen LogP contribution in [0.2, 0.25) is 0 Å². The van der Waals surface area contributed by atoms with Gasteiger partial charge in [0, 0.05) is 17.9 Å². The fourth-order valence-corrected chi connectivity index (χ4v) is 4.84. The highest BCUT2D eigenvalue weighted by atomic mass is 19.4. The summed E-state index contributed by atoms with van der Waals surface area (Å²) in [6.07, 6.45) is -4.81. The van der Waals surface area contributed by atoms with Gasteiger partial charge >= 0.3 is 12.3 Å². The van der Waals surface area contributed by atoms with Crippen LogP contribution in [0.5, 0.6) is 5.75 Å². The highest BCUT2D eigenvalue weighted by Crippen LogP contribution is 2.36. The molecule has 0 aliphatic carbocycles. The summed E-state index contributed by atoms with van der Waals surface area (Å²) in [4.78, 5) is 28.5. The van der Waals surface area contributed by atoms with E-state index in [1.54, 1.807) is 62.9 Å². The van der Waals surface area contributed by atoms with Gasteiger partial charge in [0.05, 0.1) is 23.7 Å². The predicted molar refractivity (Wildman–Crippen MR) is 144 cm³/mol. The maximum absolute atomic E-state index is 13.4. The monoisotopic (exact) mass is 574 g/mol. The molecule has 0 spiro atoms. The fraction of sp³-hybridized carbons (Fsp3) is 0.483. The predicted octanol–water partition coefficient (Wildman–Crippen LogP) is 5.55. The summed E-state index contributed by atoms with van der Waals surface area (Å²) in [6, 6.07) is 11.3. The van der Waals surface area contributed by atoms with Gasteiger partial charge in [-0.1, -0.05) is 0 Å². The molecular weight excluding hydrogens is 541 g/mol. The number of halogens is 3. The summed E-state index contributed by atoms with van der Waals surface area (Å²) in [7, 11) is 0. The van der Waals surface area contributed by atoms with E-state index in [-0.39, 0.29) is 12.5 Å². The van der Waals surface area contributed by atoms with Gasteiger partial charge < -0.3 is 24.4 Å². The molecule has 3 atom stereocenters. The lowest BCUT2D eigenvalue weighted by Gasteiger charge is -2.28. The van der Waals surface area contributed by atoms with Gasteiger partial charge in [-0.15, -0.1) is 0 Å². The van der Waals surface area contributed by atoms with Crippen molar-refractivity contribution in [2.24, 2.45) is 0 Å². The largest absolute Gasteiger partial charge is 0.491 e. The number of alkyl halides is 3. The zero-order valence-electron chi connectivity index (χ0n) is 23.3. The standard InChI is InChI=1S/C29H33F3N4O5/c1-18-36(21-10-7-19(15-33)24(14-21)29(30,31)32)16-23(40-18)17-39-22-11-8-20(9-12-22)34-26(37)25-6-5-13-35(25)27(38)41-28(2,3)4/h7-12,14,18,23,25H,5-6,13,16-17H2,1-4H3,(H,34,37)/t18-,23+,25+/m1/s1. The third-order valence-corrected chi connectivity index (χ3v) is 6.73. The molecule has 2 fully saturated rings. The van der Waals surface area contributed by atoms with E-state index >= 15 is 0 Å². The van der Waals surface area contributed by atoms with Gasteiger partial charge in [0.2, 0.25) is 5.91 Å². The molecule has 0 saturated carbocycles. The number of carbonyl (C=O) groups excluding carboxylic acids is 2. The van der Waals surface area contributed by atoms with Crippen LogP contribution in [0.25, 0.3) is 0 Å². The first-order chi connectivity index (χ1) is 19.2.